The molecule has 1 fully saturated rings. The monoisotopic (exact) mass is 247 g/mol. The third kappa shape index (κ3) is 5.79. The number of morpholine rings is 1. The highest BCUT2D eigenvalue weighted by Crippen LogP contribution is 2.10. The first-order valence-corrected chi connectivity index (χ1v) is 6.34. The molecule has 0 aromatic rings. The highest BCUT2D eigenvalue weighted by molar-refractivity contribution is 4.76. The summed E-state index contributed by atoms with van der Waals surface area (Å²) in [6.45, 7) is 6.71. The van der Waals surface area contributed by atoms with Crippen LogP contribution in [0.2, 0.25) is 0 Å². The van der Waals surface area contributed by atoms with Crippen molar-refractivity contribution in [3.63, 3.8) is 0 Å². The van der Waals surface area contributed by atoms with Crippen LogP contribution < -0.4 is 0 Å². The lowest BCUT2D eigenvalue weighted by atomic mass is 10.1. The molecule has 17 heavy (non-hydrogen) atoms. The van der Waals surface area contributed by atoms with Gasteiger partial charge in [0.15, 0.2) is 0 Å². The number of aliphatic hydroxyl groups is 1. The fourth-order valence-electron chi connectivity index (χ4n) is 1.99. The average Bonchev–Trinajstić information content (AvgIpc) is 2.35. The zero-order valence-electron chi connectivity index (χ0n) is 10.9. The van der Waals surface area contributed by atoms with Crippen LogP contribution in [0.3, 0.4) is 0 Å². The van der Waals surface area contributed by atoms with Crippen molar-refractivity contribution in [3.05, 3.63) is 0 Å². The maximum Gasteiger partial charge on any atom is 0.0900 e. The second kappa shape index (κ2) is 8.83. The van der Waals surface area contributed by atoms with E-state index in [2.05, 4.69) is 11.8 Å². The van der Waals surface area contributed by atoms with Gasteiger partial charge in [-0.2, -0.15) is 0 Å². The molecule has 1 heterocycles. The molecule has 0 saturated carbocycles. The topological polar surface area (TPSA) is 51.2 Å². The molecule has 1 N–H and O–H groups in total. The quantitative estimate of drug-likeness (QED) is 0.618. The van der Waals surface area contributed by atoms with Gasteiger partial charge in [0.2, 0.25) is 0 Å². The minimum absolute atomic E-state index is 0.372. The first-order chi connectivity index (χ1) is 8.27. The van der Waals surface area contributed by atoms with E-state index in [4.69, 9.17) is 14.2 Å². The Labute approximate surface area is 104 Å². The molecule has 1 aliphatic heterocycles. The van der Waals surface area contributed by atoms with Gasteiger partial charge in [0.1, 0.15) is 0 Å². The van der Waals surface area contributed by atoms with Gasteiger partial charge in [-0.15, -0.1) is 0 Å². The number of aliphatic hydroxyl groups excluding tert-OH is 1. The van der Waals surface area contributed by atoms with E-state index >= 15 is 0 Å². The summed E-state index contributed by atoms with van der Waals surface area (Å²) >= 11 is 0. The highest BCUT2D eigenvalue weighted by Gasteiger charge is 2.23. The number of hydrogen-bond donors (Lipinski definition) is 1. The first-order valence-electron chi connectivity index (χ1n) is 6.34. The number of nitrogens with zero attached hydrogens (tertiary/aromatic N) is 1. The molecule has 5 heteroatoms. The van der Waals surface area contributed by atoms with E-state index in [0.717, 1.165) is 26.2 Å². The predicted octanol–water partition coefficient (Wildman–Crippen LogP) is 0.121. The van der Waals surface area contributed by atoms with E-state index in [-0.39, 0.29) is 0 Å². The Hall–Kier alpha value is -0.200. The van der Waals surface area contributed by atoms with E-state index in [9.17, 15) is 5.11 Å². The maximum atomic E-state index is 9.87. The van der Waals surface area contributed by atoms with Crippen LogP contribution in [-0.4, -0.2) is 75.4 Å². The summed E-state index contributed by atoms with van der Waals surface area (Å²) in [5, 5.41) is 9.87. The van der Waals surface area contributed by atoms with Crippen molar-refractivity contribution in [2.75, 3.05) is 53.2 Å². The third-order valence-corrected chi connectivity index (χ3v) is 3.01. The maximum absolute atomic E-state index is 9.87. The smallest absolute Gasteiger partial charge is 0.0900 e. The summed E-state index contributed by atoms with van der Waals surface area (Å²) in [5.74, 6) is 0. The Morgan fingerprint density at radius 2 is 2.29 bits per heavy atom. The van der Waals surface area contributed by atoms with Crippen molar-refractivity contribution in [3.8, 4) is 0 Å². The minimum Gasteiger partial charge on any atom is -0.389 e. The second-order valence-corrected chi connectivity index (χ2v) is 4.35. The first kappa shape index (κ1) is 14.9. The Kier molecular flexibility index (Phi) is 7.72. The SMILES string of the molecule is CCC1COCCN1CC(O)COCCOC. The van der Waals surface area contributed by atoms with Crippen molar-refractivity contribution in [1.82, 2.24) is 4.90 Å². The van der Waals surface area contributed by atoms with Crippen molar-refractivity contribution >= 4 is 0 Å². The minimum atomic E-state index is -0.431. The van der Waals surface area contributed by atoms with Gasteiger partial charge in [-0.1, -0.05) is 6.92 Å². The van der Waals surface area contributed by atoms with Gasteiger partial charge >= 0.3 is 0 Å². The molecular formula is C12H25NO4. The fourth-order valence-corrected chi connectivity index (χ4v) is 1.99. The van der Waals surface area contributed by atoms with E-state index < -0.39 is 6.10 Å². The third-order valence-electron chi connectivity index (χ3n) is 3.01. The summed E-state index contributed by atoms with van der Waals surface area (Å²) in [6, 6.07) is 0.428. The lowest BCUT2D eigenvalue weighted by molar-refractivity contribution is -0.0469. The van der Waals surface area contributed by atoms with Gasteiger partial charge in [0.25, 0.3) is 0 Å². The van der Waals surface area contributed by atoms with Crippen molar-refractivity contribution in [2.24, 2.45) is 0 Å². The summed E-state index contributed by atoms with van der Waals surface area (Å²) in [7, 11) is 1.64. The number of ether oxygens (including phenoxy) is 3. The largest absolute Gasteiger partial charge is 0.389 e. The zero-order valence-corrected chi connectivity index (χ0v) is 10.9. The molecule has 0 bridgehead atoms. The van der Waals surface area contributed by atoms with Gasteiger partial charge in [0.05, 0.1) is 39.1 Å². The standard InChI is InChI=1S/C12H25NO4/c1-3-11-9-16-5-4-13(11)8-12(14)10-17-7-6-15-2/h11-12,14H,3-10H2,1-2H3. The molecule has 0 amide bonds. The van der Waals surface area contributed by atoms with Crippen LogP contribution in [0, 0.1) is 0 Å². The normalized spacial score (nSPS) is 23.8. The molecule has 2 unspecified atom stereocenters. The Morgan fingerprint density at radius 1 is 1.47 bits per heavy atom. The van der Waals surface area contributed by atoms with Crippen LogP contribution >= 0.6 is 0 Å². The summed E-state index contributed by atoms with van der Waals surface area (Å²) in [6.07, 6.45) is 0.621. The Morgan fingerprint density at radius 3 is 3.00 bits per heavy atom. The highest BCUT2D eigenvalue weighted by atomic mass is 16.5. The molecule has 0 radical (unpaired) electrons. The van der Waals surface area contributed by atoms with Crippen LogP contribution in [-0.2, 0) is 14.2 Å². The Bertz CT molecular complexity index is 191. The molecule has 1 rings (SSSR count). The molecule has 1 aliphatic rings. The van der Waals surface area contributed by atoms with E-state index in [0.29, 0.717) is 32.4 Å². The average molecular weight is 247 g/mol. The molecule has 0 spiro atoms. The number of methoxy groups -OCH3 is 1. The summed E-state index contributed by atoms with van der Waals surface area (Å²) < 4.78 is 15.6. The van der Waals surface area contributed by atoms with Crippen LogP contribution in [0.1, 0.15) is 13.3 Å². The van der Waals surface area contributed by atoms with Gasteiger partial charge in [-0.3, -0.25) is 4.90 Å². The van der Waals surface area contributed by atoms with Gasteiger partial charge in [0, 0.05) is 26.2 Å². The Balaban J connectivity index is 2.16. The zero-order chi connectivity index (χ0) is 12.5. The number of β-amino-alcohol motifs (C(OH)–C–C–N with tert-alkyl or cyclic N) is 1. The predicted molar refractivity (Wildman–Crippen MR) is 65.2 cm³/mol. The molecule has 2 atom stereocenters. The molecule has 0 aromatic heterocycles. The molecule has 0 aromatic carbocycles. The fraction of sp³-hybridized carbons (Fsp3) is 1.00. The van der Waals surface area contributed by atoms with Crippen molar-refractivity contribution in [1.29, 1.82) is 0 Å². The summed E-state index contributed by atoms with van der Waals surface area (Å²) in [5.41, 5.74) is 0. The lowest BCUT2D eigenvalue weighted by Crippen LogP contribution is -2.48. The van der Waals surface area contributed by atoms with Crippen LogP contribution in [0.4, 0.5) is 0 Å². The van der Waals surface area contributed by atoms with Crippen molar-refractivity contribution < 1.29 is 19.3 Å². The second-order valence-electron chi connectivity index (χ2n) is 4.35. The van der Waals surface area contributed by atoms with Crippen LogP contribution in [0.25, 0.3) is 0 Å². The molecule has 1 saturated heterocycles. The molecule has 5 nitrogen and oxygen atoms in total. The number of hydrogen-bond acceptors (Lipinski definition) is 5. The van der Waals surface area contributed by atoms with Gasteiger partial charge in [-0.05, 0) is 6.42 Å². The molecule has 0 aliphatic carbocycles. The van der Waals surface area contributed by atoms with Crippen LogP contribution in [0.5, 0.6) is 0 Å². The van der Waals surface area contributed by atoms with Crippen molar-refractivity contribution in [2.45, 2.75) is 25.5 Å². The summed E-state index contributed by atoms with van der Waals surface area (Å²) in [4.78, 5) is 2.29. The number of rotatable bonds is 8. The van der Waals surface area contributed by atoms with E-state index in [1.165, 1.54) is 0 Å². The molecule has 102 valence electrons. The van der Waals surface area contributed by atoms with Gasteiger partial charge in [-0.25, -0.2) is 0 Å². The van der Waals surface area contributed by atoms with E-state index in [1.54, 1.807) is 7.11 Å². The van der Waals surface area contributed by atoms with Gasteiger partial charge < -0.3 is 19.3 Å². The van der Waals surface area contributed by atoms with E-state index in [1.807, 2.05) is 0 Å². The van der Waals surface area contributed by atoms with Crippen LogP contribution in [0.15, 0.2) is 0 Å². The lowest BCUT2D eigenvalue weighted by Gasteiger charge is -2.36. The molecular weight excluding hydrogens is 222 g/mol.